The first kappa shape index (κ1) is 17.6. The third kappa shape index (κ3) is 4.26. The van der Waals surface area contributed by atoms with Crippen LogP contribution in [0.4, 0.5) is 13.2 Å². The molecule has 0 spiro atoms. The number of carbonyl (C=O) groups excluding carboxylic acids is 1. The van der Waals surface area contributed by atoms with Gasteiger partial charge in [-0.05, 0) is 12.1 Å². The van der Waals surface area contributed by atoms with Crippen molar-refractivity contribution in [2.24, 2.45) is 0 Å². The lowest BCUT2D eigenvalue weighted by molar-refractivity contribution is -0.134. The second-order valence-electron chi connectivity index (χ2n) is 5.37. The second-order valence-corrected chi connectivity index (χ2v) is 5.37. The molecule has 0 atom stereocenters. The van der Waals surface area contributed by atoms with Gasteiger partial charge < -0.3 is 9.73 Å². The smallest absolute Gasteiger partial charge is 0.389 e. The molecule has 0 aliphatic rings. The molecule has 3 aromatic rings. The first-order valence-corrected chi connectivity index (χ1v) is 7.65. The van der Waals surface area contributed by atoms with E-state index in [0.717, 1.165) is 12.1 Å². The van der Waals surface area contributed by atoms with E-state index in [-0.39, 0.29) is 18.0 Å². The minimum Gasteiger partial charge on any atom is -0.448 e. The Morgan fingerprint density at radius 3 is 2.73 bits per heavy atom. The Bertz CT molecular complexity index is 873. The number of carbonyl (C=O) groups is 1. The maximum absolute atomic E-state index is 12.3. The van der Waals surface area contributed by atoms with Crippen molar-refractivity contribution in [3.05, 3.63) is 60.3 Å². The zero-order chi connectivity index (χ0) is 18.6. The van der Waals surface area contributed by atoms with Crippen LogP contribution in [-0.4, -0.2) is 31.8 Å². The van der Waals surface area contributed by atoms with Gasteiger partial charge >= 0.3 is 6.18 Å². The fourth-order valence-corrected chi connectivity index (χ4v) is 2.32. The van der Waals surface area contributed by atoms with E-state index in [4.69, 9.17) is 4.42 Å². The quantitative estimate of drug-likeness (QED) is 0.726. The number of hydrogen-bond donors (Lipinski definition) is 1. The van der Waals surface area contributed by atoms with Crippen molar-refractivity contribution in [2.75, 3.05) is 0 Å². The SMILES string of the molecule is O=C(NCc1nncn1-c1ccccc1)c1ncoc1CCC(F)(F)F. The van der Waals surface area contributed by atoms with Gasteiger partial charge in [0.15, 0.2) is 17.9 Å². The molecule has 0 aliphatic heterocycles. The Kier molecular flexibility index (Phi) is 5.01. The maximum atomic E-state index is 12.3. The van der Waals surface area contributed by atoms with E-state index >= 15 is 0 Å². The van der Waals surface area contributed by atoms with Crippen LogP contribution in [0.15, 0.2) is 47.5 Å². The first-order chi connectivity index (χ1) is 12.4. The Morgan fingerprint density at radius 2 is 2.00 bits per heavy atom. The van der Waals surface area contributed by atoms with E-state index < -0.39 is 24.9 Å². The largest absolute Gasteiger partial charge is 0.448 e. The summed E-state index contributed by atoms with van der Waals surface area (Å²) in [5, 5.41) is 10.3. The Morgan fingerprint density at radius 1 is 1.23 bits per heavy atom. The molecule has 0 saturated carbocycles. The lowest BCUT2D eigenvalue weighted by Gasteiger charge is -2.08. The van der Waals surface area contributed by atoms with Gasteiger partial charge in [-0.15, -0.1) is 10.2 Å². The molecule has 136 valence electrons. The number of halogens is 3. The highest BCUT2D eigenvalue weighted by Gasteiger charge is 2.29. The molecule has 2 heterocycles. The summed E-state index contributed by atoms with van der Waals surface area (Å²) in [5.41, 5.74) is 0.647. The number of aryl methyl sites for hydroxylation is 1. The van der Waals surface area contributed by atoms with Crippen molar-refractivity contribution in [3.63, 3.8) is 0 Å². The normalized spacial score (nSPS) is 11.5. The molecule has 3 rings (SSSR count). The monoisotopic (exact) mass is 365 g/mol. The van der Waals surface area contributed by atoms with Crippen molar-refractivity contribution in [1.29, 1.82) is 0 Å². The number of hydrogen-bond acceptors (Lipinski definition) is 5. The van der Waals surface area contributed by atoms with Crippen LogP contribution < -0.4 is 5.32 Å². The van der Waals surface area contributed by atoms with E-state index in [9.17, 15) is 18.0 Å². The van der Waals surface area contributed by atoms with Crippen LogP contribution in [0.3, 0.4) is 0 Å². The van der Waals surface area contributed by atoms with Crippen LogP contribution in [0, 0.1) is 0 Å². The van der Waals surface area contributed by atoms with Gasteiger partial charge in [-0.2, -0.15) is 13.2 Å². The van der Waals surface area contributed by atoms with E-state index in [0.29, 0.717) is 5.82 Å². The number of benzene rings is 1. The molecule has 0 radical (unpaired) electrons. The number of rotatable bonds is 6. The lowest BCUT2D eigenvalue weighted by atomic mass is 10.2. The van der Waals surface area contributed by atoms with Gasteiger partial charge in [0.1, 0.15) is 12.1 Å². The first-order valence-electron chi connectivity index (χ1n) is 7.65. The number of alkyl halides is 3. The maximum Gasteiger partial charge on any atom is 0.389 e. The van der Waals surface area contributed by atoms with Crippen molar-refractivity contribution in [1.82, 2.24) is 25.1 Å². The summed E-state index contributed by atoms with van der Waals surface area (Å²) in [6.07, 6.45) is -3.43. The number of aromatic nitrogens is 4. The molecule has 1 aromatic carbocycles. The van der Waals surface area contributed by atoms with Gasteiger partial charge in [-0.25, -0.2) is 4.98 Å². The molecule has 7 nitrogen and oxygen atoms in total. The molecule has 10 heteroatoms. The van der Waals surface area contributed by atoms with Crippen LogP contribution >= 0.6 is 0 Å². The molecule has 2 aromatic heterocycles. The topological polar surface area (TPSA) is 85.8 Å². The summed E-state index contributed by atoms with van der Waals surface area (Å²) >= 11 is 0. The van der Waals surface area contributed by atoms with Crippen LogP contribution in [0.5, 0.6) is 0 Å². The molecular formula is C16H14F3N5O2. The predicted octanol–water partition coefficient (Wildman–Crippen LogP) is 2.68. The number of nitrogens with zero attached hydrogens (tertiary/aromatic N) is 4. The van der Waals surface area contributed by atoms with Crippen LogP contribution in [-0.2, 0) is 13.0 Å². The molecule has 0 unspecified atom stereocenters. The van der Waals surface area contributed by atoms with Crippen molar-refractivity contribution in [3.8, 4) is 5.69 Å². The Labute approximate surface area is 145 Å². The van der Waals surface area contributed by atoms with Crippen LogP contribution in [0.1, 0.15) is 28.5 Å². The van der Waals surface area contributed by atoms with E-state index in [1.807, 2.05) is 30.3 Å². The second kappa shape index (κ2) is 7.38. The minimum absolute atomic E-state index is 0.0271. The highest BCUT2D eigenvalue weighted by Crippen LogP contribution is 2.23. The minimum atomic E-state index is -4.34. The molecule has 0 aliphatic carbocycles. The summed E-state index contributed by atoms with van der Waals surface area (Å²) in [7, 11) is 0. The number of oxazole rings is 1. The van der Waals surface area contributed by atoms with Gasteiger partial charge in [0.05, 0.1) is 13.0 Å². The Balaban J connectivity index is 1.66. The molecule has 26 heavy (non-hydrogen) atoms. The van der Waals surface area contributed by atoms with Gasteiger partial charge in [0, 0.05) is 12.1 Å². The lowest BCUT2D eigenvalue weighted by Crippen LogP contribution is -2.26. The zero-order valence-corrected chi connectivity index (χ0v) is 13.4. The summed E-state index contributed by atoms with van der Waals surface area (Å²) in [6.45, 7) is 0.0271. The third-order valence-corrected chi connectivity index (χ3v) is 3.55. The summed E-state index contributed by atoms with van der Waals surface area (Å²) in [5.74, 6) is -0.284. The van der Waals surface area contributed by atoms with Crippen LogP contribution in [0.25, 0.3) is 5.69 Å². The molecular weight excluding hydrogens is 351 g/mol. The Hall–Kier alpha value is -3.17. The number of amides is 1. The number of nitrogens with one attached hydrogen (secondary N) is 1. The van der Waals surface area contributed by atoms with Gasteiger partial charge in [0.2, 0.25) is 0 Å². The van der Waals surface area contributed by atoms with E-state index in [2.05, 4.69) is 20.5 Å². The van der Waals surface area contributed by atoms with Crippen molar-refractivity contribution >= 4 is 5.91 Å². The molecule has 1 amide bonds. The molecule has 0 fully saturated rings. The predicted molar refractivity (Wildman–Crippen MR) is 83.4 cm³/mol. The molecule has 0 saturated heterocycles. The third-order valence-electron chi connectivity index (χ3n) is 3.55. The fourth-order valence-electron chi connectivity index (χ4n) is 2.32. The molecule has 1 N–H and O–H groups in total. The standard InChI is InChI=1S/C16H14F3N5O2/c17-16(18,19)7-6-12-14(21-10-26-12)15(25)20-8-13-23-22-9-24(13)11-4-2-1-3-5-11/h1-5,9-10H,6-8H2,(H,20,25). The van der Waals surface area contributed by atoms with Crippen molar-refractivity contribution < 1.29 is 22.4 Å². The van der Waals surface area contributed by atoms with Gasteiger partial charge in [-0.1, -0.05) is 18.2 Å². The van der Waals surface area contributed by atoms with Crippen molar-refractivity contribution in [2.45, 2.75) is 25.6 Å². The average molecular weight is 365 g/mol. The highest BCUT2D eigenvalue weighted by molar-refractivity contribution is 5.93. The zero-order valence-electron chi connectivity index (χ0n) is 13.4. The summed E-state index contributed by atoms with van der Waals surface area (Å²) in [4.78, 5) is 15.9. The van der Waals surface area contributed by atoms with E-state index in [1.54, 1.807) is 4.57 Å². The summed E-state index contributed by atoms with van der Waals surface area (Å²) < 4.78 is 43.6. The van der Waals surface area contributed by atoms with Crippen LogP contribution in [0.2, 0.25) is 0 Å². The highest BCUT2D eigenvalue weighted by atomic mass is 19.4. The van der Waals surface area contributed by atoms with E-state index in [1.165, 1.54) is 6.33 Å². The summed E-state index contributed by atoms with van der Waals surface area (Å²) in [6, 6.07) is 9.26. The molecule has 0 bridgehead atoms. The number of para-hydroxylation sites is 1. The average Bonchev–Trinajstić information content (AvgIpc) is 3.27. The fraction of sp³-hybridized carbons (Fsp3) is 0.250. The van der Waals surface area contributed by atoms with Gasteiger partial charge in [-0.3, -0.25) is 9.36 Å². The van der Waals surface area contributed by atoms with Gasteiger partial charge in [0.25, 0.3) is 5.91 Å².